The summed E-state index contributed by atoms with van der Waals surface area (Å²) in [5.41, 5.74) is 22.2. The Morgan fingerprint density at radius 3 is 0.957 bits per heavy atom. The molecule has 0 spiro atoms. The predicted octanol–water partition coefficient (Wildman–Crippen LogP) is 30.4. The highest BCUT2D eigenvalue weighted by molar-refractivity contribution is 6.36. The first-order valence-corrected chi connectivity index (χ1v) is 39.2. The Morgan fingerprint density at radius 1 is 0.183 bits per heavy atom. The molecule has 0 bridgehead atoms. The molecule has 24 rings (SSSR count). The molecule has 0 atom stereocenters. The summed E-state index contributed by atoms with van der Waals surface area (Å²) in [6.45, 7) is 0. The predicted molar refractivity (Wildman–Crippen MR) is 489 cm³/mol. The van der Waals surface area contributed by atoms with Gasteiger partial charge >= 0.3 is 0 Å². The Labute approximate surface area is 671 Å². The molecule has 0 unspecified atom stereocenters. The van der Waals surface area contributed by atoms with E-state index in [2.05, 4.69) is 375 Å². The van der Waals surface area contributed by atoms with Crippen molar-refractivity contribution in [3.63, 3.8) is 0 Å². The summed E-state index contributed by atoms with van der Waals surface area (Å²) in [6.07, 6.45) is 0. The minimum Gasteiger partial charge on any atom is -0.311 e. The molecular formula is C110H71N5. The van der Waals surface area contributed by atoms with Gasteiger partial charge in [0, 0.05) is 83.5 Å². The molecule has 0 aliphatic heterocycles. The van der Waals surface area contributed by atoms with Crippen LogP contribution in [0.15, 0.2) is 431 Å². The van der Waals surface area contributed by atoms with Crippen LogP contribution in [0.25, 0.3) is 180 Å². The van der Waals surface area contributed by atoms with Crippen molar-refractivity contribution in [1.29, 1.82) is 0 Å². The monoisotopic (exact) mass is 1470 g/mol. The first kappa shape index (κ1) is 60.5. The molecule has 0 fully saturated rings. The molecule has 536 valence electrons. The molecule has 0 N–H and O–H groups in total. The van der Waals surface area contributed by atoms with Crippen LogP contribution in [0.2, 0.25) is 0 Å². The molecule has 0 saturated heterocycles. The van der Waals surface area contributed by atoms with Gasteiger partial charge in [0.15, 0.2) is 0 Å². The molecule has 5 heteroatoms. The van der Waals surface area contributed by atoms with Gasteiger partial charge < -0.3 is 23.5 Å². The van der Waals surface area contributed by atoms with Crippen molar-refractivity contribution >= 4 is 164 Å². The second-order valence-electron chi connectivity index (χ2n) is 29.9. The summed E-state index contributed by atoms with van der Waals surface area (Å²) in [4.78, 5) is 4.59. The zero-order valence-corrected chi connectivity index (χ0v) is 62.3. The molecule has 0 aliphatic rings. The molecule has 0 saturated carbocycles. The molecule has 24 aromatic rings. The summed E-state index contributed by atoms with van der Waals surface area (Å²) in [6, 6.07) is 142. The van der Waals surface area contributed by atoms with Crippen molar-refractivity contribution in [1.82, 2.24) is 13.7 Å². The number of rotatable bonds is 12. The molecule has 3 heterocycles. The fourth-order valence-corrected chi connectivity index (χ4v) is 18.6. The zero-order valence-electron chi connectivity index (χ0n) is 67.3. The van der Waals surface area contributed by atoms with E-state index in [1.807, 2.05) is 48.5 Å². The molecule has 0 amide bonds. The number of hydrogen-bond acceptors (Lipinski definition) is 2. The van der Waals surface area contributed by atoms with E-state index in [1.165, 1.54) is 114 Å². The Morgan fingerprint density at radius 2 is 0.513 bits per heavy atom. The molecule has 5 nitrogen and oxygen atoms in total. The van der Waals surface area contributed by atoms with E-state index >= 15 is 0 Å². The van der Waals surface area contributed by atoms with Gasteiger partial charge in [-0.2, -0.15) is 0 Å². The molecule has 0 radical (unpaired) electrons. The summed E-state index contributed by atoms with van der Waals surface area (Å²) < 4.78 is 49.5. The van der Waals surface area contributed by atoms with Gasteiger partial charge in [-0.25, -0.2) is 0 Å². The van der Waals surface area contributed by atoms with Gasteiger partial charge in [-0.15, -0.1) is 0 Å². The summed E-state index contributed by atoms with van der Waals surface area (Å²) in [5.74, 6) is 0. The third-order valence-corrected chi connectivity index (χ3v) is 23.6. The molecule has 0 aliphatic carbocycles. The van der Waals surface area contributed by atoms with Gasteiger partial charge in [-0.1, -0.05) is 291 Å². The van der Waals surface area contributed by atoms with Crippen molar-refractivity contribution in [2.24, 2.45) is 0 Å². The Hall–Kier alpha value is -15.3. The molecule has 115 heavy (non-hydrogen) atoms. The van der Waals surface area contributed by atoms with E-state index in [4.69, 9.17) is 6.85 Å². The van der Waals surface area contributed by atoms with Crippen LogP contribution >= 0.6 is 0 Å². The van der Waals surface area contributed by atoms with Crippen LogP contribution in [0.3, 0.4) is 0 Å². The van der Waals surface area contributed by atoms with Crippen LogP contribution in [-0.2, 0) is 0 Å². The quantitative estimate of drug-likeness (QED) is 0.114. The number of benzene rings is 21. The number of anilines is 6. The highest BCUT2D eigenvalue weighted by atomic mass is 15.1. The van der Waals surface area contributed by atoms with E-state index in [0.29, 0.717) is 5.56 Å². The maximum atomic E-state index is 8.74. The van der Waals surface area contributed by atoms with Gasteiger partial charge in [0.05, 0.1) is 40.0 Å². The highest BCUT2D eigenvalue weighted by Crippen LogP contribution is 2.50. The van der Waals surface area contributed by atoms with Gasteiger partial charge in [-0.05, 0) is 238 Å². The largest absolute Gasteiger partial charge is 0.311 e. The van der Waals surface area contributed by atoms with E-state index < -0.39 is 6.04 Å². The average molecular weight is 1470 g/mol. The van der Waals surface area contributed by atoms with E-state index in [1.54, 1.807) is 0 Å². The van der Waals surface area contributed by atoms with Crippen molar-refractivity contribution in [3.8, 4) is 50.4 Å². The number of aromatic nitrogens is 3. The van der Waals surface area contributed by atoms with Crippen molar-refractivity contribution < 1.29 is 6.85 Å². The number of nitrogens with zero attached hydrogens (tertiary/aromatic N) is 5. The smallest absolute Gasteiger partial charge is 0.0629 e. The van der Waals surface area contributed by atoms with Gasteiger partial charge in [0.25, 0.3) is 0 Å². The van der Waals surface area contributed by atoms with Crippen LogP contribution in [0.5, 0.6) is 0 Å². The summed E-state index contributed by atoms with van der Waals surface area (Å²) in [7, 11) is 0. The van der Waals surface area contributed by atoms with Crippen LogP contribution in [0, 0.1) is 0 Å². The van der Waals surface area contributed by atoms with Gasteiger partial charge in [0.2, 0.25) is 0 Å². The van der Waals surface area contributed by atoms with Crippen LogP contribution in [0.1, 0.15) is 6.85 Å². The van der Waals surface area contributed by atoms with Crippen LogP contribution in [0.4, 0.5) is 34.1 Å². The third kappa shape index (κ3) is 10.6. The lowest BCUT2D eigenvalue weighted by Gasteiger charge is -2.25. The SMILES string of the molecule is [2H]c1c([2H])c([2H])c(-c2ccc3c4c5ccc6c(-c7ccc(N(c8ccccc8)c8ccccc8)cc7)ccc7ccc(cc4n(-c4ccccc4)c3c2)c5c76)c([2H])c1[2H].c1ccc(N(c2ccccc2)c2ccc(-c3ccc4ccc5cc6c(c7ccc3c4c57)c3ccc(-n4c5ccccc5c5ccccc54)cc3n6-c3ccccc3)cc2)cc1. The fourth-order valence-electron chi connectivity index (χ4n) is 18.6. The second-order valence-corrected chi connectivity index (χ2v) is 29.9. The number of hydrogen-bond donors (Lipinski definition) is 0. The van der Waals surface area contributed by atoms with Crippen molar-refractivity contribution in [3.05, 3.63) is 431 Å². The summed E-state index contributed by atoms with van der Waals surface area (Å²) in [5, 5.41) is 21.9. The minimum absolute atomic E-state index is 0.193. The topological polar surface area (TPSA) is 21.3 Å². The standard InChI is InChI=1S/C58H37N3.C52H34N2/c1-4-14-41(15-5-1)59(42-16-6-2-7-17-42)44-29-26-38(27-30-44)46-32-28-39-24-25-40-36-55-58(51-35-34-49(46)56(39)57(40)51)50-33-31-45(37-54(50)60(55)43-18-8-3-9-19-43)61-52-22-12-10-20-47(52)48-21-11-13-23-53(48)61;1-5-13-35(14-6-1)38-26-30-46-48(33-38)54(42-19-11-4-12-20-42)49-34-39-22-21-37-25-29-44(45-31-32-47(52(46)49)51(39)50(37)45)36-23-27-43(28-24-36)53(40-15-7-2-8-16-40)41-17-9-3-10-18-41/h1-37H;1-34H/i;1D,5D,6D,13D,14D. The lowest BCUT2D eigenvalue weighted by atomic mass is 9.88. The van der Waals surface area contributed by atoms with E-state index in [-0.39, 0.29) is 29.7 Å². The maximum Gasteiger partial charge on any atom is 0.0629 e. The van der Waals surface area contributed by atoms with E-state index in [9.17, 15) is 0 Å². The third-order valence-electron chi connectivity index (χ3n) is 23.6. The van der Waals surface area contributed by atoms with Crippen molar-refractivity contribution in [2.45, 2.75) is 0 Å². The Kier molecular flexibility index (Phi) is 14.1. The number of para-hydroxylation sites is 8. The van der Waals surface area contributed by atoms with Crippen LogP contribution < -0.4 is 9.80 Å². The Bertz CT molecular complexity index is 8020. The second kappa shape index (κ2) is 26.7. The normalized spacial score (nSPS) is 12.4. The molecular weight excluding hydrogens is 1390 g/mol. The lowest BCUT2D eigenvalue weighted by molar-refractivity contribution is 1.16. The highest BCUT2D eigenvalue weighted by Gasteiger charge is 2.25. The van der Waals surface area contributed by atoms with E-state index in [0.717, 1.165) is 89.3 Å². The maximum absolute atomic E-state index is 8.74. The minimum atomic E-state index is -0.398. The molecule has 3 aromatic heterocycles. The van der Waals surface area contributed by atoms with Gasteiger partial charge in [0.1, 0.15) is 0 Å². The molecule has 21 aromatic carbocycles. The summed E-state index contributed by atoms with van der Waals surface area (Å²) >= 11 is 0. The zero-order chi connectivity index (χ0) is 80.0. The number of fused-ring (bicyclic) bond motifs is 11. The Balaban J connectivity index is 0.000000140. The average Bonchev–Trinajstić information content (AvgIpc) is 1.49. The van der Waals surface area contributed by atoms with Crippen LogP contribution in [-0.4, -0.2) is 13.7 Å². The van der Waals surface area contributed by atoms with Gasteiger partial charge in [-0.3, -0.25) is 0 Å². The first-order valence-electron chi connectivity index (χ1n) is 41.7. The lowest BCUT2D eigenvalue weighted by Crippen LogP contribution is -2.09. The van der Waals surface area contributed by atoms with Crippen molar-refractivity contribution in [2.75, 3.05) is 9.80 Å². The fraction of sp³-hybridized carbons (Fsp3) is 0. The first-order chi connectivity index (χ1) is 59.1.